The Labute approximate surface area is 83.3 Å². The van der Waals surface area contributed by atoms with Gasteiger partial charge in [-0.1, -0.05) is 0 Å². The summed E-state index contributed by atoms with van der Waals surface area (Å²) in [6.07, 6.45) is 1.95. The summed E-state index contributed by atoms with van der Waals surface area (Å²) in [6.45, 7) is 0.834. The summed E-state index contributed by atoms with van der Waals surface area (Å²) in [5, 5.41) is 8.39. The average molecular weight is 216 g/mol. The van der Waals surface area contributed by atoms with E-state index in [0.29, 0.717) is 13.1 Å². The number of rotatable bonds is 2. The van der Waals surface area contributed by atoms with Crippen molar-refractivity contribution in [1.29, 1.82) is 5.26 Å². The molecule has 14 heavy (non-hydrogen) atoms. The first kappa shape index (κ1) is 9.90. The molecule has 78 valence electrons. The maximum atomic E-state index is 11.6. The lowest BCUT2D eigenvalue weighted by atomic mass is 10.2. The molecule has 6 heteroatoms. The van der Waals surface area contributed by atoms with E-state index in [1.165, 1.54) is 4.31 Å². The topological polar surface area (TPSA) is 70.4 Å². The number of fused-ring (bicyclic) bond motifs is 2. The zero-order chi connectivity index (χ0) is 10.2. The van der Waals surface area contributed by atoms with Crippen molar-refractivity contribution in [3.63, 3.8) is 0 Å². The molecule has 0 aromatic rings. The van der Waals surface area contributed by atoms with Crippen LogP contribution < -0.4 is 0 Å². The number of sulfonamides is 1. The van der Waals surface area contributed by atoms with Crippen molar-refractivity contribution < 1.29 is 13.2 Å². The van der Waals surface area contributed by atoms with E-state index >= 15 is 0 Å². The lowest BCUT2D eigenvalue weighted by Crippen LogP contribution is -2.46. The Morgan fingerprint density at radius 2 is 1.93 bits per heavy atom. The molecular formula is C8H12N2O3S. The van der Waals surface area contributed by atoms with Crippen molar-refractivity contribution in [2.45, 2.75) is 25.0 Å². The summed E-state index contributed by atoms with van der Waals surface area (Å²) >= 11 is 0. The molecule has 0 amide bonds. The average Bonchev–Trinajstić information content (AvgIpc) is 2.45. The number of hydrogen-bond donors (Lipinski definition) is 0. The minimum atomic E-state index is -3.37. The molecule has 0 aliphatic carbocycles. The Bertz CT molecular complexity index is 347. The number of ether oxygens (including phenoxy) is 1. The van der Waals surface area contributed by atoms with Crippen LogP contribution >= 0.6 is 0 Å². The predicted molar refractivity (Wildman–Crippen MR) is 48.9 cm³/mol. The van der Waals surface area contributed by atoms with Crippen LogP contribution in [-0.4, -0.2) is 43.8 Å². The highest BCUT2D eigenvalue weighted by molar-refractivity contribution is 7.89. The largest absolute Gasteiger partial charge is 0.372 e. The van der Waals surface area contributed by atoms with E-state index in [-0.39, 0.29) is 12.2 Å². The number of nitrogens with zero attached hydrogens (tertiary/aromatic N) is 2. The molecule has 2 rings (SSSR count). The van der Waals surface area contributed by atoms with Gasteiger partial charge in [-0.15, -0.1) is 0 Å². The Morgan fingerprint density at radius 3 is 2.43 bits per heavy atom. The number of morpholine rings is 1. The van der Waals surface area contributed by atoms with Crippen molar-refractivity contribution in [3.05, 3.63) is 0 Å². The molecule has 2 aliphatic rings. The molecule has 0 spiro atoms. The zero-order valence-electron chi connectivity index (χ0n) is 7.72. The maximum Gasteiger partial charge on any atom is 0.227 e. The number of nitriles is 1. The van der Waals surface area contributed by atoms with Crippen LogP contribution in [0.1, 0.15) is 12.8 Å². The summed E-state index contributed by atoms with van der Waals surface area (Å²) in [7, 11) is -3.37. The minimum Gasteiger partial charge on any atom is -0.372 e. The highest BCUT2D eigenvalue weighted by Gasteiger charge is 2.38. The fourth-order valence-corrected chi connectivity index (χ4v) is 3.11. The second-order valence-corrected chi connectivity index (χ2v) is 5.66. The van der Waals surface area contributed by atoms with Gasteiger partial charge in [-0.2, -0.15) is 9.57 Å². The van der Waals surface area contributed by atoms with Crippen molar-refractivity contribution >= 4 is 10.0 Å². The molecule has 2 saturated heterocycles. The fourth-order valence-electron chi connectivity index (χ4n) is 1.98. The molecule has 0 N–H and O–H groups in total. The van der Waals surface area contributed by atoms with Crippen LogP contribution in [-0.2, 0) is 14.8 Å². The van der Waals surface area contributed by atoms with Crippen LogP contribution in [0.15, 0.2) is 0 Å². The third-order valence-corrected chi connectivity index (χ3v) is 4.23. The molecule has 0 saturated carbocycles. The molecule has 2 atom stereocenters. The minimum absolute atomic E-state index is 0.0437. The van der Waals surface area contributed by atoms with E-state index in [4.69, 9.17) is 10.00 Å². The number of hydrogen-bond acceptors (Lipinski definition) is 4. The van der Waals surface area contributed by atoms with E-state index in [1.54, 1.807) is 6.07 Å². The summed E-state index contributed by atoms with van der Waals surface area (Å²) < 4.78 is 30.0. The Kier molecular flexibility index (Phi) is 2.47. The molecule has 2 unspecified atom stereocenters. The molecule has 0 aromatic carbocycles. The highest BCUT2D eigenvalue weighted by Crippen LogP contribution is 2.27. The van der Waals surface area contributed by atoms with Crippen LogP contribution in [0.2, 0.25) is 0 Å². The maximum absolute atomic E-state index is 11.6. The summed E-state index contributed by atoms with van der Waals surface area (Å²) in [5.74, 6) is -0.424. The molecule has 2 aliphatic heterocycles. The van der Waals surface area contributed by atoms with Gasteiger partial charge < -0.3 is 4.74 Å². The van der Waals surface area contributed by atoms with Gasteiger partial charge in [-0.25, -0.2) is 8.42 Å². The first-order valence-electron chi connectivity index (χ1n) is 4.62. The lowest BCUT2D eigenvalue weighted by Gasteiger charge is -2.30. The van der Waals surface area contributed by atoms with Crippen LogP contribution in [0.5, 0.6) is 0 Å². The fraction of sp³-hybridized carbons (Fsp3) is 0.875. The summed E-state index contributed by atoms with van der Waals surface area (Å²) in [6, 6.07) is 1.68. The first-order chi connectivity index (χ1) is 6.62. The molecule has 2 fully saturated rings. The molecule has 2 bridgehead atoms. The van der Waals surface area contributed by atoms with Crippen molar-refractivity contribution in [2.75, 3.05) is 18.8 Å². The van der Waals surface area contributed by atoms with Gasteiger partial charge in [0.15, 0.2) is 5.75 Å². The van der Waals surface area contributed by atoms with Gasteiger partial charge in [0.25, 0.3) is 0 Å². The lowest BCUT2D eigenvalue weighted by molar-refractivity contribution is -0.0113. The van der Waals surface area contributed by atoms with Gasteiger partial charge in [0.2, 0.25) is 10.0 Å². The van der Waals surface area contributed by atoms with Crippen LogP contribution in [0.4, 0.5) is 0 Å². The summed E-state index contributed by atoms with van der Waals surface area (Å²) in [4.78, 5) is 0. The highest BCUT2D eigenvalue weighted by atomic mass is 32.2. The van der Waals surface area contributed by atoms with Crippen molar-refractivity contribution in [3.8, 4) is 6.07 Å². The van der Waals surface area contributed by atoms with E-state index in [2.05, 4.69) is 0 Å². The Hall–Kier alpha value is -0.640. The monoisotopic (exact) mass is 216 g/mol. The summed E-state index contributed by atoms with van der Waals surface area (Å²) in [5.41, 5.74) is 0. The van der Waals surface area contributed by atoms with E-state index in [9.17, 15) is 8.42 Å². The second kappa shape index (κ2) is 3.50. The molecule has 0 radical (unpaired) electrons. The quantitative estimate of drug-likeness (QED) is 0.635. The molecule has 0 aromatic heterocycles. The van der Waals surface area contributed by atoms with Gasteiger partial charge in [0, 0.05) is 13.1 Å². The van der Waals surface area contributed by atoms with E-state index in [0.717, 1.165) is 12.8 Å². The molecule has 2 heterocycles. The Morgan fingerprint density at radius 1 is 1.36 bits per heavy atom. The van der Waals surface area contributed by atoms with Crippen molar-refractivity contribution in [2.24, 2.45) is 0 Å². The van der Waals surface area contributed by atoms with Crippen LogP contribution in [0, 0.1) is 11.3 Å². The zero-order valence-corrected chi connectivity index (χ0v) is 8.53. The third kappa shape index (κ3) is 1.75. The van der Waals surface area contributed by atoms with Gasteiger partial charge in [-0.05, 0) is 12.8 Å². The van der Waals surface area contributed by atoms with Crippen LogP contribution in [0.25, 0.3) is 0 Å². The molecular weight excluding hydrogens is 204 g/mol. The Balaban J connectivity index is 2.10. The van der Waals surface area contributed by atoms with Crippen molar-refractivity contribution in [1.82, 2.24) is 4.31 Å². The smallest absolute Gasteiger partial charge is 0.227 e. The van der Waals surface area contributed by atoms with E-state index in [1.807, 2.05) is 0 Å². The van der Waals surface area contributed by atoms with E-state index < -0.39 is 15.8 Å². The van der Waals surface area contributed by atoms with Gasteiger partial charge >= 0.3 is 0 Å². The molecule has 5 nitrogen and oxygen atoms in total. The first-order valence-corrected chi connectivity index (χ1v) is 6.23. The SMILES string of the molecule is N#CCS(=O)(=O)N1CC2CCC(C1)O2. The second-order valence-electron chi connectivity index (χ2n) is 3.69. The van der Waals surface area contributed by atoms with Crippen LogP contribution in [0.3, 0.4) is 0 Å². The predicted octanol–water partition coefficient (Wildman–Crippen LogP) is -0.297. The van der Waals surface area contributed by atoms with Gasteiger partial charge in [0.05, 0.1) is 18.3 Å². The van der Waals surface area contributed by atoms with Gasteiger partial charge in [-0.3, -0.25) is 0 Å². The standard InChI is InChI=1S/C8H12N2O3S/c9-3-4-14(11,12)10-5-7-1-2-8(6-10)13-7/h7-8H,1-2,4-6H2. The van der Waals surface area contributed by atoms with Gasteiger partial charge in [0.1, 0.15) is 0 Å². The third-order valence-electron chi connectivity index (χ3n) is 2.65. The normalized spacial score (nSPS) is 32.8.